The van der Waals surface area contributed by atoms with Crippen LogP contribution < -0.4 is 0 Å². The van der Waals surface area contributed by atoms with E-state index < -0.39 is 32.3 Å². The Morgan fingerprint density at radius 3 is 1.24 bits per heavy atom. The van der Waals surface area contributed by atoms with Gasteiger partial charge in [-0.2, -0.15) is 0 Å². The summed E-state index contributed by atoms with van der Waals surface area (Å²) in [5.41, 5.74) is 6.21. The number of aromatic hydroxyl groups is 2. The molecular weight excluding hydrogens is 640 g/mol. The predicted molar refractivity (Wildman–Crippen MR) is 197 cm³/mol. The zero-order valence-corrected chi connectivity index (χ0v) is 32.8. The van der Waals surface area contributed by atoms with E-state index in [1.54, 1.807) is 13.8 Å². The Bertz CT molecular complexity index is 1450. The molecule has 2 aromatic rings. The average Bonchev–Trinajstić information content (AvgIpc) is 3.07. The van der Waals surface area contributed by atoms with Crippen LogP contribution in [0.2, 0.25) is 0 Å². The summed E-state index contributed by atoms with van der Waals surface area (Å²) in [4.78, 5) is 26.6. The quantitative estimate of drug-likeness (QED) is 0.147. The summed E-state index contributed by atoms with van der Waals surface area (Å²) in [6.45, 7) is 22.9. The predicted octanol–water partition coefficient (Wildman–Crippen LogP) is 9.17. The number of sulfone groups is 1. The van der Waals surface area contributed by atoms with E-state index in [9.17, 15) is 28.2 Å². The third-order valence-corrected chi connectivity index (χ3v) is 14.0. The van der Waals surface area contributed by atoms with Gasteiger partial charge in [0.2, 0.25) is 0 Å². The van der Waals surface area contributed by atoms with Crippen molar-refractivity contribution in [3.05, 3.63) is 56.6 Å². The van der Waals surface area contributed by atoms with Crippen LogP contribution in [0.5, 0.6) is 11.5 Å². The summed E-state index contributed by atoms with van der Waals surface area (Å²) >= 11 is 0. The molecule has 0 amide bonds. The van der Waals surface area contributed by atoms with Crippen molar-refractivity contribution < 1.29 is 37.7 Å². The second-order valence-electron chi connectivity index (χ2n) is 14.3. The van der Waals surface area contributed by atoms with E-state index in [-0.39, 0.29) is 61.2 Å². The molecule has 6 atom stereocenters. The van der Waals surface area contributed by atoms with E-state index in [1.165, 1.54) is 0 Å². The van der Waals surface area contributed by atoms with Crippen LogP contribution in [-0.4, -0.2) is 41.1 Å². The number of hydrogen-bond acceptors (Lipinski definition) is 8. The minimum Gasteiger partial charge on any atom is -0.507 e. The van der Waals surface area contributed by atoms with Crippen molar-refractivity contribution in [2.45, 2.75) is 157 Å². The van der Waals surface area contributed by atoms with Crippen molar-refractivity contribution in [3.8, 4) is 11.5 Å². The first kappa shape index (κ1) is 42.1. The van der Waals surface area contributed by atoms with Crippen molar-refractivity contribution in [2.75, 3.05) is 0 Å². The Morgan fingerprint density at radius 1 is 0.633 bits per heavy atom. The van der Waals surface area contributed by atoms with Crippen molar-refractivity contribution in [3.63, 3.8) is 0 Å². The smallest absolute Gasteiger partial charge is 0.307 e. The molecule has 0 saturated heterocycles. The third kappa shape index (κ3) is 10.0. The molecule has 2 N–H and O–H groups in total. The van der Waals surface area contributed by atoms with Gasteiger partial charge in [-0.3, -0.25) is 9.59 Å². The fraction of sp³-hybridized carbons (Fsp3) is 0.650. The minimum atomic E-state index is -4.01. The lowest BCUT2D eigenvalue weighted by atomic mass is 9.90. The Morgan fingerprint density at radius 2 is 0.959 bits per heavy atom. The minimum absolute atomic E-state index is 0.0774. The second kappa shape index (κ2) is 18.2. The van der Waals surface area contributed by atoms with Crippen LogP contribution in [0.3, 0.4) is 0 Å². The molecule has 0 bridgehead atoms. The molecule has 0 saturated carbocycles. The molecule has 9 heteroatoms. The number of esters is 2. The van der Waals surface area contributed by atoms with Crippen LogP contribution in [0.4, 0.5) is 0 Å². The average molecular weight is 703 g/mol. The summed E-state index contributed by atoms with van der Waals surface area (Å²) in [7, 11) is -4.01. The monoisotopic (exact) mass is 702 g/mol. The van der Waals surface area contributed by atoms with Crippen molar-refractivity contribution in [1.29, 1.82) is 0 Å². The molecule has 0 spiro atoms. The van der Waals surface area contributed by atoms with Crippen LogP contribution in [-0.2, 0) is 42.1 Å². The number of benzene rings is 2. The molecule has 0 aliphatic heterocycles. The fourth-order valence-electron chi connectivity index (χ4n) is 6.51. The molecule has 0 radical (unpaired) electrons. The van der Waals surface area contributed by atoms with Gasteiger partial charge in [-0.05, 0) is 109 Å². The molecule has 49 heavy (non-hydrogen) atoms. The first-order valence-corrected chi connectivity index (χ1v) is 19.7. The van der Waals surface area contributed by atoms with E-state index in [0.29, 0.717) is 35.1 Å². The standard InChI is InChI=1S/C40H62O8S/c1-13-23(5)31-17-27(9)33(29(11)39(31)43)21-47-37(41)19-35(25(7)15-3)49(45,46)36(26(8)16-4)20-38(42)48-22-34-28(10)18-32(24(6)14-2)40(44)30(34)12/h17-18,23-26,35-36,43-44H,13-16,19-22H2,1-12H3. The Kier molecular flexibility index (Phi) is 15.7. The summed E-state index contributed by atoms with van der Waals surface area (Å²) in [5, 5.41) is 19.6. The van der Waals surface area contributed by atoms with Gasteiger partial charge >= 0.3 is 11.9 Å². The van der Waals surface area contributed by atoms with Gasteiger partial charge in [-0.15, -0.1) is 0 Å². The molecule has 276 valence electrons. The molecule has 2 rings (SSSR count). The van der Waals surface area contributed by atoms with Gasteiger partial charge in [0, 0.05) is 0 Å². The van der Waals surface area contributed by atoms with Gasteiger partial charge in [0.05, 0.1) is 23.3 Å². The zero-order chi connectivity index (χ0) is 37.4. The summed E-state index contributed by atoms with van der Waals surface area (Å²) in [5.74, 6) is -1.27. The molecule has 0 fully saturated rings. The molecule has 0 aromatic heterocycles. The maximum absolute atomic E-state index is 14.3. The fourth-order valence-corrected chi connectivity index (χ4v) is 9.37. The molecule has 0 aliphatic rings. The lowest BCUT2D eigenvalue weighted by Crippen LogP contribution is -2.42. The van der Waals surface area contributed by atoms with Crippen LogP contribution in [0.15, 0.2) is 12.1 Å². The molecule has 8 nitrogen and oxygen atoms in total. The van der Waals surface area contributed by atoms with Gasteiger partial charge in [0.1, 0.15) is 24.7 Å². The first-order chi connectivity index (χ1) is 22.9. The number of carbonyl (C=O) groups excluding carboxylic acids is 2. The highest BCUT2D eigenvalue weighted by Crippen LogP contribution is 2.37. The third-order valence-electron chi connectivity index (χ3n) is 11.0. The van der Waals surface area contributed by atoms with Gasteiger partial charge < -0.3 is 19.7 Å². The van der Waals surface area contributed by atoms with Gasteiger partial charge in [-0.1, -0.05) is 80.4 Å². The Balaban J connectivity index is 2.28. The Hall–Kier alpha value is -3.07. The SMILES string of the molecule is CCC(C)c1cc(C)c(COC(=O)CC(C(C)CC)S(=O)(=O)C(CC(=O)OCc2c(C)cc(C(C)CC)c(O)c2C)C(C)CC)c(C)c1O. The molecule has 0 heterocycles. The van der Waals surface area contributed by atoms with E-state index in [0.717, 1.165) is 35.1 Å². The van der Waals surface area contributed by atoms with Crippen LogP contribution >= 0.6 is 0 Å². The number of ether oxygens (including phenoxy) is 2. The normalized spacial score (nSPS) is 15.6. The number of hydrogen-bond donors (Lipinski definition) is 2. The van der Waals surface area contributed by atoms with Crippen molar-refractivity contribution in [2.24, 2.45) is 11.8 Å². The number of carbonyl (C=O) groups is 2. The van der Waals surface area contributed by atoms with E-state index >= 15 is 0 Å². The van der Waals surface area contributed by atoms with Crippen molar-refractivity contribution in [1.82, 2.24) is 0 Å². The summed E-state index contributed by atoms with van der Waals surface area (Å²) in [6, 6.07) is 3.85. The number of aryl methyl sites for hydroxylation is 2. The first-order valence-electron chi connectivity index (χ1n) is 18.0. The zero-order valence-electron chi connectivity index (χ0n) is 32.0. The van der Waals surface area contributed by atoms with Gasteiger partial charge in [0.25, 0.3) is 0 Å². The number of rotatable bonds is 18. The maximum Gasteiger partial charge on any atom is 0.307 e. The molecule has 6 unspecified atom stereocenters. The van der Waals surface area contributed by atoms with Crippen molar-refractivity contribution >= 4 is 21.8 Å². The van der Waals surface area contributed by atoms with Gasteiger partial charge in [-0.25, -0.2) is 8.42 Å². The molecule has 2 aromatic carbocycles. The Labute approximate surface area is 295 Å². The van der Waals surface area contributed by atoms with Crippen LogP contribution in [0.1, 0.15) is 150 Å². The maximum atomic E-state index is 14.3. The summed E-state index contributed by atoms with van der Waals surface area (Å²) < 4.78 is 40.0. The highest BCUT2D eigenvalue weighted by Gasteiger charge is 2.42. The lowest BCUT2D eigenvalue weighted by molar-refractivity contribution is -0.145. The topological polar surface area (TPSA) is 127 Å². The number of phenolic OH excluding ortho intramolecular Hbond substituents is 2. The molecule has 0 aliphatic carbocycles. The molecular formula is C40H62O8S. The van der Waals surface area contributed by atoms with E-state index in [4.69, 9.17) is 9.47 Å². The lowest BCUT2D eigenvalue weighted by Gasteiger charge is -2.30. The van der Waals surface area contributed by atoms with Crippen LogP contribution in [0, 0.1) is 39.5 Å². The van der Waals surface area contributed by atoms with E-state index in [2.05, 4.69) is 27.7 Å². The van der Waals surface area contributed by atoms with Crippen LogP contribution in [0.25, 0.3) is 0 Å². The largest absolute Gasteiger partial charge is 0.507 e. The highest BCUT2D eigenvalue weighted by atomic mass is 32.2. The summed E-state index contributed by atoms with van der Waals surface area (Å²) in [6.07, 6.45) is 2.11. The van der Waals surface area contributed by atoms with Gasteiger partial charge in [0.15, 0.2) is 9.84 Å². The second-order valence-corrected chi connectivity index (χ2v) is 16.6. The van der Waals surface area contributed by atoms with E-state index in [1.807, 2.05) is 53.7 Å². The highest BCUT2D eigenvalue weighted by molar-refractivity contribution is 7.92. The number of phenols is 2.